The average molecular weight is 547 g/mol. The molecule has 3 heterocycles. The van der Waals surface area contributed by atoms with Gasteiger partial charge >= 0.3 is 5.97 Å². The van der Waals surface area contributed by atoms with E-state index in [1.807, 2.05) is 13.0 Å². The molecule has 4 nitrogen and oxygen atoms in total. The van der Waals surface area contributed by atoms with Crippen molar-refractivity contribution < 1.29 is 19.0 Å². The minimum absolute atomic E-state index is 0.0231. The number of esters is 1. The number of ether oxygens (including phenoxy) is 3. The van der Waals surface area contributed by atoms with E-state index >= 15 is 0 Å². The second-order valence-electron chi connectivity index (χ2n) is 12.9. The van der Waals surface area contributed by atoms with Crippen LogP contribution in [0.5, 0.6) is 0 Å². The minimum atomic E-state index is -0.0951. The standard InChI is InChI=1S/C35H62O4/c1-3-4-5-6-7-8-12-15-18-21-24-31-33(38-31)26-27-34-32(39-34)25-22-19-16-13-10-9-11-14-17-20-23-30-28-29(2)37-35(30)36/h28-29,31-34H,3-27H2,1-2H3/t29-,31?,32?,33?,34?/m0/s1. The van der Waals surface area contributed by atoms with Gasteiger partial charge in [0.05, 0.1) is 24.4 Å². The van der Waals surface area contributed by atoms with Crippen molar-refractivity contribution in [1.82, 2.24) is 0 Å². The summed E-state index contributed by atoms with van der Waals surface area (Å²) in [6, 6.07) is 0. The lowest BCUT2D eigenvalue weighted by Crippen LogP contribution is -2.03. The lowest BCUT2D eigenvalue weighted by atomic mass is 10.0. The van der Waals surface area contributed by atoms with Crippen LogP contribution in [0.3, 0.4) is 0 Å². The lowest BCUT2D eigenvalue weighted by molar-refractivity contribution is -0.139. The first-order valence-corrected chi connectivity index (χ1v) is 17.4. The topological polar surface area (TPSA) is 51.4 Å². The van der Waals surface area contributed by atoms with Crippen LogP contribution in [0.15, 0.2) is 11.6 Å². The van der Waals surface area contributed by atoms with Crippen molar-refractivity contribution in [3.63, 3.8) is 0 Å². The maximum absolute atomic E-state index is 11.6. The van der Waals surface area contributed by atoms with Crippen molar-refractivity contribution in [2.75, 3.05) is 0 Å². The van der Waals surface area contributed by atoms with Crippen LogP contribution in [0.4, 0.5) is 0 Å². The third-order valence-corrected chi connectivity index (χ3v) is 9.13. The number of hydrogen-bond acceptors (Lipinski definition) is 4. The molecule has 0 aromatic rings. The molecule has 0 radical (unpaired) electrons. The van der Waals surface area contributed by atoms with Crippen LogP contribution in [-0.2, 0) is 19.0 Å². The number of hydrogen-bond donors (Lipinski definition) is 0. The fourth-order valence-electron chi connectivity index (χ4n) is 6.43. The van der Waals surface area contributed by atoms with Gasteiger partial charge in [0.2, 0.25) is 0 Å². The van der Waals surface area contributed by atoms with Crippen LogP contribution >= 0.6 is 0 Å². The Kier molecular flexibility index (Phi) is 16.8. The molecule has 2 fully saturated rings. The van der Waals surface area contributed by atoms with Gasteiger partial charge in [-0.15, -0.1) is 0 Å². The Bertz CT molecular complexity index is 674. The molecule has 0 aromatic carbocycles. The van der Waals surface area contributed by atoms with E-state index in [4.69, 9.17) is 14.2 Å². The number of unbranched alkanes of at least 4 members (excludes halogenated alkanes) is 18. The van der Waals surface area contributed by atoms with E-state index in [1.54, 1.807) is 0 Å². The summed E-state index contributed by atoms with van der Waals surface area (Å²) in [5.41, 5.74) is 0.894. The van der Waals surface area contributed by atoms with Gasteiger partial charge in [0.15, 0.2) is 0 Å². The molecule has 4 heteroatoms. The van der Waals surface area contributed by atoms with Gasteiger partial charge in [-0.25, -0.2) is 4.79 Å². The number of carbonyl (C=O) groups is 1. The molecule has 0 aliphatic carbocycles. The Morgan fingerprint density at radius 1 is 0.538 bits per heavy atom. The molecule has 3 aliphatic heterocycles. The number of rotatable bonds is 27. The Hall–Kier alpha value is -0.870. The van der Waals surface area contributed by atoms with Crippen LogP contribution in [0.1, 0.15) is 174 Å². The molecule has 0 amide bonds. The van der Waals surface area contributed by atoms with E-state index in [2.05, 4.69) is 6.92 Å². The summed E-state index contributed by atoms with van der Waals surface area (Å²) in [6.07, 6.45) is 37.3. The molecule has 2 saturated heterocycles. The van der Waals surface area contributed by atoms with Gasteiger partial charge in [-0.2, -0.15) is 0 Å². The van der Waals surface area contributed by atoms with E-state index in [-0.39, 0.29) is 12.1 Å². The Morgan fingerprint density at radius 2 is 0.923 bits per heavy atom. The normalized spacial score (nSPS) is 25.6. The first-order chi connectivity index (χ1) is 19.2. The van der Waals surface area contributed by atoms with Crippen molar-refractivity contribution in [3.8, 4) is 0 Å². The highest BCUT2D eigenvalue weighted by Crippen LogP contribution is 2.37. The summed E-state index contributed by atoms with van der Waals surface area (Å²) < 4.78 is 17.0. The van der Waals surface area contributed by atoms with Gasteiger partial charge < -0.3 is 14.2 Å². The predicted octanol–water partition coefficient (Wildman–Crippen LogP) is 10.2. The number of cyclic esters (lactones) is 1. The van der Waals surface area contributed by atoms with Crippen LogP contribution < -0.4 is 0 Å². The van der Waals surface area contributed by atoms with Gasteiger partial charge in [-0.1, -0.05) is 129 Å². The van der Waals surface area contributed by atoms with E-state index in [1.165, 1.54) is 148 Å². The zero-order chi connectivity index (χ0) is 27.5. The Morgan fingerprint density at radius 3 is 1.33 bits per heavy atom. The van der Waals surface area contributed by atoms with Crippen molar-refractivity contribution in [3.05, 3.63) is 11.6 Å². The monoisotopic (exact) mass is 546 g/mol. The SMILES string of the molecule is CCCCCCCCCCCCC1OC1CCC1OC1CCCCCCCCCCCCC1=C[C@H](C)OC1=O. The predicted molar refractivity (Wildman–Crippen MR) is 162 cm³/mol. The third kappa shape index (κ3) is 15.1. The molecule has 226 valence electrons. The van der Waals surface area contributed by atoms with Crippen molar-refractivity contribution >= 4 is 5.97 Å². The van der Waals surface area contributed by atoms with Crippen LogP contribution in [0.2, 0.25) is 0 Å². The smallest absolute Gasteiger partial charge is 0.334 e. The molecule has 0 aromatic heterocycles. The van der Waals surface area contributed by atoms with Gasteiger partial charge in [-0.05, 0) is 51.5 Å². The van der Waals surface area contributed by atoms with Gasteiger partial charge in [-0.3, -0.25) is 0 Å². The minimum Gasteiger partial charge on any atom is -0.455 e. The van der Waals surface area contributed by atoms with Crippen molar-refractivity contribution in [2.24, 2.45) is 0 Å². The Balaban J connectivity index is 0.988. The van der Waals surface area contributed by atoms with Crippen LogP contribution in [-0.4, -0.2) is 36.5 Å². The molecule has 3 rings (SSSR count). The fraction of sp³-hybridized carbons (Fsp3) is 0.914. The van der Waals surface area contributed by atoms with E-state index < -0.39 is 0 Å². The summed E-state index contributed by atoms with van der Waals surface area (Å²) in [4.78, 5) is 11.6. The Labute approximate surface area is 241 Å². The molecule has 0 spiro atoms. The summed E-state index contributed by atoms with van der Waals surface area (Å²) in [7, 11) is 0. The lowest BCUT2D eigenvalue weighted by Gasteiger charge is -2.03. The van der Waals surface area contributed by atoms with Gasteiger partial charge in [0.1, 0.15) is 6.10 Å². The maximum Gasteiger partial charge on any atom is 0.334 e. The summed E-state index contributed by atoms with van der Waals surface area (Å²) >= 11 is 0. The maximum atomic E-state index is 11.6. The summed E-state index contributed by atoms with van der Waals surface area (Å²) in [6.45, 7) is 4.22. The van der Waals surface area contributed by atoms with Crippen molar-refractivity contribution in [2.45, 2.75) is 205 Å². The molecule has 3 aliphatic rings. The van der Waals surface area contributed by atoms with E-state index in [9.17, 15) is 4.79 Å². The third-order valence-electron chi connectivity index (χ3n) is 9.13. The molecule has 0 saturated carbocycles. The zero-order valence-corrected chi connectivity index (χ0v) is 25.8. The second kappa shape index (κ2) is 20.1. The number of carbonyl (C=O) groups excluding carboxylic acids is 1. The first kappa shape index (κ1) is 32.6. The van der Waals surface area contributed by atoms with Gasteiger partial charge in [0.25, 0.3) is 0 Å². The van der Waals surface area contributed by atoms with Crippen LogP contribution in [0, 0.1) is 0 Å². The quantitative estimate of drug-likeness (QED) is 0.0584. The molecule has 0 bridgehead atoms. The molecular weight excluding hydrogens is 484 g/mol. The first-order valence-electron chi connectivity index (χ1n) is 17.4. The zero-order valence-electron chi connectivity index (χ0n) is 25.8. The number of epoxide rings is 2. The van der Waals surface area contributed by atoms with Crippen molar-refractivity contribution in [1.29, 1.82) is 0 Å². The highest BCUT2D eigenvalue weighted by atomic mass is 16.6. The summed E-state index contributed by atoms with van der Waals surface area (Å²) in [5.74, 6) is -0.0951. The van der Waals surface area contributed by atoms with Crippen LogP contribution in [0.25, 0.3) is 0 Å². The fourth-order valence-corrected chi connectivity index (χ4v) is 6.43. The molecular formula is C35H62O4. The molecule has 5 atom stereocenters. The van der Waals surface area contributed by atoms with Gasteiger partial charge in [0, 0.05) is 5.57 Å². The second-order valence-corrected chi connectivity index (χ2v) is 12.9. The average Bonchev–Trinajstić information content (AvgIpc) is 3.83. The van der Waals surface area contributed by atoms with E-state index in [0.717, 1.165) is 18.4 Å². The largest absolute Gasteiger partial charge is 0.455 e. The summed E-state index contributed by atoms with van der Waals surface area (Å²) in [5, 5.41) is 0. The highest BCUT2D eigenvalue weighted by molar-refractivity contribution is 5.90. The molecule has 39 heavy (non-hydrogen) atoms. The van der Waals surface area contributed by atoms with E-state index in [0.29, 0.717) is 24.4 Å². The molecule has 4 unspecified atom stereocenters. The highest BCUT2D eigenvalue weighted by Gasteiger charge is 2.42. The molecule has 0 N–H and O–H groups in total.